The molecule has 0 atom stereocenters. The normalized spacial score (nSPS) is 9.38. The molecule has 0 aliphatic rings. The number of esters is 2. The summed E-state index contributed by atoms with van der Waals surface area (Å²) in [4.78, 5) is 21.3. The van der Waals surface area contributed by atoms with Crippen LogP contribution < -0.4 is 0 Å². The number of nitrogens with zero attached hydrogens (tertiary/aromatic N) is 1. The molecule has 1 N–H and O–H groups in total. The lowest BCUT2D eigenvalue weighted by Crippen LogP contribution is -2.16. The average molecular weight is 233 g/mol. The number of hydrogen-bond donors (Lipinski definition) is 1. The maximum absolute atomic E-state index is 10.8. The third-order valence-electron chi connectivity index (χ3n) is 1.96. The molecule has 0 radical (unpaired) electrons. The first-order valence-corrected chi connectivity index (χ1v) is 4.65. The van der Waals surface area contributed by atoms with Crippen LogP contribution in [0, 0.1) is 5.21 Å². The maximum Gasteiger partial charge on any atom is 0.306 e. The number of carbonyl (C=O) groups excluding carboxylic acids is 2. The molecular weight excluding hydrogens is 218 g/mol. The molecule has 0 heterocycles. The fourth-order valence-electron chi connectivity index (χ4n) is 1.01. The van der Waals surface area contributed by atoms with Gasteiger partial charge in [0, 0.05) is 17.7 Å². The first kappa shape index (κ1) is 14.2. The Morgan fingerprint density at radius 1 is 1.06 bits per heavy atom. The molecule has 0 aliphatic carbocycles. The zero-order valence-electron chi connectivity index (χ0n) is 9.26. The van der Waals surface area contributed by atoms with Crippen LogP contribution in [0.25, 0.3) is 0 Å². The fraction of sp³-hybridized carbons (Fsp3) is 0.667. The molecule has 0 rings (SSSR count). The fourth-order valence-corrected chi connectivity index (χ4v) is 1.01. The third-order valence-corrected chi connectivity index (χ3v) is 1.96. The minimum atomic E-state index is -0.489. The second kappa shape index (κ2) is 7.49. The molecule has 0 aromatic carbocycles. The number of carbonyl (C=O) groups is 2. The van der Waals surface area contributed by atoms with Crippen LogP contribution in [0.15, 0.2) is 0 Å². The molecule has 0 saturated carbocycles. The smallest absolute Gasteiger partial charge is 0.306 e. The van der Waals surface area contributed by atoms with E-state index in [9.17, 15) is 14.8 Å². The lowest BCUT2D eigenvalue weighted by molar-refractivity contribution is -0.727. The Morgan fingerprint density at radius 3 is 1.69 bits per heavy atom. The van der Waals surface area contributed by atoms with E-state index in [0.717, 1.165) is 0 Å². The van der Waals surface area contributed by atoms with Gasteiger partial charge in [-0.3, -0.25) is 14.8 Å². The topological polar surface area (TPSA) is 98.9 Å². The van der Waals surface area contributed by atoms with Crippen molar-refractivity contribution < 1.29 is 29.2 Å². The van der Waals surface area contributed by atoms with E-state index in [1.54, 1.807) is 0 Å². The van der Waals surface area contributed by atoms with Crippen molar-refractivity contribution in [3.8, 4) is 0 Å². The van der Waals surface area contributed by atoms with Gasteiger partial charge in [-0.1, -0.05) is 0 Å². The van der Waals surface area contributed by atoms with E-state index < -0.39 is 11.9 Å². The number of rotatable bonds is 6. The van der Waals surface area contributed by atoms with E-state index in [1.807, 2.05) is 0 Å². The van der Waals surface area contributed by atoms with Crippen molar-refractivity contribution in [2.45, 2.75) is 25.7 Å². The van der Waals surface area contributed by atoms with Crippen molar-refractivity contribution >= 4 is 17.7 Å². The van der Waals surface area contributed by atoms with Gasteiger partial charge in [-0.25, -0.2) is 0 Å². The highest BCUT2D eigenvalue weighted by Crippen LogP contribution is 2.03. The standard InChI is InChI=1S/C9H15NO6/c1-15-8(11)5-3-7(10(13)14)4-6-9(12)16-2/h3-6H2,1-2H3,(H,13,14). The minimum Gasteiger partial charge on any atom is -0.469 e. The predicted molar refractivity (Wildman–Crippen MR) is 52.9 cm³/mol. The Kier molecular flexibility index (Phi) is 6.66. The number of methoxy groups -OCH3 is 2. The molecule has 0 fully saturated rings. The Bertz CT molecular complexity index is 260. The van der Waals surface area contributed by atoms with Gasteiger partial charge in [-0.2, -0.15) is 0 Å². The third kappa shape index (κ3) is 5.84. The highest BCUT2D eigenvalue weighted by atomic mass is 16.8. The lowest BCUT2D eigenvalue weighted by atomic mass is 10.1. The Balaban J connectivity index is 4.16. The zero-order valence-corrected chi connectivity index (χ0v) is 9.26. The van der Waals surface area contributed by atoms with Gasteiger partial charge in [0.2, 0.25) is 5.71 Å². The van der Waals surface area contributed by atoms with E-state index in [-0.39, 0.29) is 36.3 Å². The average Bonchev–Trinajstić information content (AvgIpc) is 2.27. The van der Waals surface area contributed by atoms with E-state index in [1.165, 1.54) is 14.2 Å². The number of hydrogen-bond acceptors (Lipinski definition) is 6. The first-order valence-electron chi connectivity index (χ1n) is 4.65. The van der Waals surface area contributed by atoms with Crippen molar-refractivity contribution in [2.24, 2.45) is 0 Å². The van der Waals surface area contributed by atoms with Gasteiger partial charge in [0.05, 0.1) is 27.1 Å². The van der Waals surface area contributed by atoms with Gasteiger partial charge in [0.25, 0.3) is 0 Å². The Labute approximate surface area is 92.8 Å². The van der Waals surface area contributed by atoms with Crippen LogP contribution >= 0.6 is 0 Å². The molecule has 16 heavy (non-hydrogen) atoms. The second-order valence-corrected chi connectivity index (χ2v) is 2.99. The summed E-state index contributed by atoms with van der Waals surface area (Å²) < 4.78 is 8.76. The Morgan fingerprint density at radius 2 is 1.44 bits per heavy atom. The molecular formula is C9H15NO6. The predicted octanol–water partition coefficient (Wildman–Crippen LogP) is 0.233. The van der Waals surface area contributed by atoms with Gasteiger partial charge in [0.15, 0.2) is 0 Å². The van der Waals surface area contributed by atoms with Gasteiger partial charge < -0.3 is 14.7 Å². The minimum absolute atomic E-state index is 0.0215. The van der Waals surface area contributed by atoms with Crippen LogP contribution in [0.4, 0.5) is 0 Å². The summed E-state index contributed by atoms with van der Waals surface area (Å²) in [5.41, 5.74) is 0.0378. The van der Waals surface area contributed by atoms with Crippen LogP contribution in [0.2, 0.25) is 0 Å². The van der Waals surface area contributed by atoms with Crippen molar-refractivity contribution in [3.05, 3.63) is 5.21 Å². The van der Waals surface area contributed by atoms with E-state index in [4.69, 9.17) is 5.21 Å². The first-order chi connectivity index (χ1) is 7.51. The van der Waals surface area contributed by atoms with E-state index >= 15 is 0 Å². The summed E-state index contributed by atoms with van der Waals surface area (Å²) in [7, 11) is 2.45. The van der Waals surface area contributed by atoms with Gasteiger partial charge in [-0.05, 0) is 0 Å². The molecule has 0 spiro atoms. The van der Waals surface area contributed by atoms with Crippen LogP contribution in [-0.4, -0.2) is 42.0 Å². The van der Waals surface area contributed by atoms with Crippen LogP contribution in [-0.2, 0) is 19.1 Å². The summed E-state index contributed by atoms with van der Waals surface area (Å²) in [5.74, 6) is -0.977. The van der Waals surface area contributed by atoms with Crippen molar-refractivity contribution in [1.82, 2.24) is 0 Å². The van der Waals surface area contributed by atoms with Crippen LogP contribution in [0.1, 0.15) is 25.7 Å². The van der Waals surface area contributed by atoms with E-state index in [0.29, 0.717) is 0 Å². The summed E-state index contributed by atoms with van der Waals surface area (Å²) >= 11 is 0. The van der Waals surface area contributed by atoms with Gasteiger partial charge in [-0.15, -0.1) is 0 Å². The molecule has 92 valence electrons. The molecule has 7 nitrogen and oxygen atoms in total. The second-order valence-electron chi connectivity index (χ2n) is 2.99. The SMILES string of the molecule is COC(=O)CCC(CCC(=O)OC)=[N+]([O-])O. The Hall–Kier alpha value is -1.79. The number of ether oxygens (including phenoxy) is 2. The molecule has 0 saturated heterocycles. The molecule has 0 amide bonds. The molecule has 0 aliphatic heterocycles. The zero-order chi connectivity index (χ0) is 12.6. The monoisotopic (exact) mass is 233 g/mol. The lowest BCUT2D eigenvalue weighted by Gasteiger charge is -2.02. The summed E-state index contributed by atoms with van der Waals surface area (Å²) in [6, 6.07) is 0. The quantitative estimate of drug-likeness (QED) is 0.232. The summed E-state index contributed by atoms with van der Waals surface area (Å²) in [6.45, 7) is 0. The summed E-state index contributed by atoms with van der Waals surface area (Å²) in [6.07, 6.45) is 0.0476. The van der Waals surface area contributed by atoms with E-state index in [2.05, 4.69) is 9.47 Å². The highest BCUT2D eigenvalue weighted by Gasteiger charge is 2.16. The molecule has 7 heteroatoms. The van der Waals surface area contributed by atoms with Gasteiger partial charge in [0.1, 0.15) is 0 Å². The van der Waals surface area contributed by atoms with Crippen molar-refractivity contribution in [1.29, 1.82) is 0 Å². The largest absolute Gasteiger partial charge is 0.469 e. The maximum atomic E-state index is 10.8. The molecule has 0 aromatic rings. The summed E-state index contributed by atoms with van der Waals surface area (Å²) in [5, 5.41) is 19.4. The van der Waals surface area contributed by atoms with Crippen LogP contribution in [0.5, 0.6) is 0 Å². The molecule has 0 unspecified atom stereocenters. The van der Waals surface area contributed by atoms with Crippen molar-refractivity contribution in [2.75, 3.05) is 14.2 Å². The molecule has 0 bridgehead atoms. The van der Waals surface area contributed by atoms with Crippen molar-refractivity contribution in [3.63, 3.8) is 0 Å². The van der Waals surface area contributed by atoms with Crippen LogP contribution in [0.3, 0.4) is 0 Å². The highest BCUT2D eigenvalue weighted by molar-refractivity contribution is 5.86. The van der Waals surface area contributed by atoms with Gasteiger partial charge >= 0.3 is 11.9 Å². The molecule has 0 aromatic heterocycles.